The molecular formula is C13H26N2O2. The monoisotopic (exact) mass is 242 g/mol. The molecule has 17 heavy (non-hydrogen) atoms. The van der Waals surface area contributed by atoms with E-state index in [1.54, 1.807) is 7.11 Å². The summed E-state index contributed by atoms with van der Waals surface area (Å²) in [4.78, 5) is 16.0. The van der Waals surface area contributed by atoms with E-state index < -0.39 is 0 Å². The van der Waals surface area contributed by atoms with Gasteiger partial charge in [0.2, 0.25) is 0 Å². The fourth-order valence-corrected chi connectivity index (χ4v) is 2.31. The van der Waals surface area contributed by atoms with Gasteiger partial charge in [-0.15, -0.1) is 0 Å². The summed E-state index contributed by atoms with van der Waals surface area (Å²) in [6.07, 6.45) is 4.54. The van der Waals surface area contributed by atoms with E-state index in [0.29, 0.717) is 12.5 Å². The SMILES string of the molecule is COCCCN(C)C(=O)N1CCCCC(C)C1. The van der Waals surface area contributed by atoms with Crippen LogP contribution >= 0.6 is 0 Å². The van der Waals surface area contributed by atoms with Crippen molar-refractivity contribution in [2.45, 2.75) is 32.6 Å². The van der Waals surface area contributed by atoms with Crippen LogP contribution in [0.1, 0.15) is 32.6 Å². The van der Waals surface area contributed by atoms with Crippen LogP contribution in [0.5, 0.6) is 0 Å². The zero-order valence-corrected chi connectivity index (χ0v) is 11.4. The zero-order chi connectivity index (χ0) is 12.7. The minimum absolute atomic E-state index is 0.176. The molecule has 0 radical (unpaired) electrons. The second kappa shape index (κ2) is 7.54. The molecule has 1 atom stereocenters. The zero-order valence-electron chi connectivity index (χ0n) is 11.4. The third-order valence-corrected chi connectivity index (χ3v) is 3.35. The number of ether oxygens (including phenoxy) is 1. The molecule has 1 fully saturated rings. The van der Waals surface area contributed by atoms with Gasteiger partial charge in [0.05, 0.1) is 0 Å². The lowest BCUT2D eigenvalue weighted by Gasteiger charge is -2.28. The van der Waals surface area contributed by atoms with Crippen molar-refractivity contribution in [3.63, 3.8) is 0 Å². The van der Waals surface area contributed by atoms with Crippen molar-refractivity contribution in [2.75, 3.05) is 40.4 Å². The topological polar surface area (TPSA) is 32.8 Å². The maximum atomic E-state index is 12.2. The molecule has 0 saturated carbocycles. The van der Waals surface area contributed by atoms with Crippen molar-refractivity contribution in [2.24, 2.45) is 5.92 Å². The van der Waals surface area contributed by atoms with Crippen LogP contribution in [0.4, 0.5) is 4.79 Å². The maximum absolute atomic E-state index is 12.2. The van der Waals surface area contributed by atoms with E-state index in [9.17, 15) is 4.79 Å². The van der Waals surface area contributed by atoms with Gasteiger partial charge in [-0.1, -0.05) is 13.3 Å². The average molecular weight is 242 g/mol. The van der Waals surface area contributed by atoms with Crippen LogP contribution in [0, 0.1) is 5.92 Å². The molecule has 1 aliphatic heterocycles. The van der Waals surface area contributed by atoms with Crippen LogP contribution in [0.15, 0.2) is 0 Å². The van der Waals surface area contributed by atoms with Crippen LogP contribution in [0.25, 0.3) is 0 Å². The highest BCUT2D eigenvalue weighted by molar-refractivity contribution is 5.74. The van der Waals surface area contributed by atoms with Crippen LogP contribution < -0.4 is 0 Å². The van der Waals surface area contributed by atoms with Crippen LogP contribution in [0.3, 0.4) is 0 Å². The molecule has 1 heterocycles. The highest BCUT2D eigenvalue weighted by Crippen LogP contribution is 2.16. The third kappa shape index (κ3) is 4.94. The van der Waals surface area contributed by atoms with Crippen molar-refractivity contribution >= 4 is 6.03 Å². The van der Waals surface area contributed by atoms with Crippen LogP contribution in [-0.4, -0.2) is 56.2 Å². The second-order valence-corrected chi connectivity index (χ2v) is 5.10. The van der Waals surface area contributed by atoms with E-state index in [0.717, 1.165) is 32.5 Å². The number of carbonyl (C=O) groups excluding carboxylic acids is 1. The summed E-state index contributed by atoms with van der Waals surface area (Å²) >= 11 is 0. The molecule has 0 aliphatic carbocycles. The molecule has 0 aromatic rings. The summed E-state index contributed by atoms with van der Waals surface area (Å²) in [5.41, 5.74) is 0. The van der Waals surface area contributed by atoms with Gasteiger partial charge in [-0.25, -0.2) is 4.79 Å². The predicted octanol–water partition coefficient (Wildman–Crippen LogP) is 2.20. The molecule has 100 valence electrons. The Morgan fingerprint density at radius 1 is 1.47 bits per heavy atom. The first-order valence-corrected chi connectivity index (χ1v) is 6.64. The maximum Gasteiger partial charge on any atom is 0.319 e. The lowest BCUT2D eigenvalue weighted by molar-refractivity contribution is 0.148. The van der Waals surface area contributed by atoms with Gasteiger partial charge in [0.25, 0.3) is 0 Å². The van der Waals surface area contributed by atoms with E-state index in [-0.39, 0.29) is 6.03 Å². The second-order valence-electron chi connectivity index (χ2n) is 5.10. The number of hydrogen-bond donors (Lipinski definition) is 0. The van der Waals surface area contributed by atoms with E-state index in [2.05, 4.69) is 6.92 Å². The first-order chi connectivity index (χ1) is 8.15. The molecule has 4 nitrogen and oxygen atoms in total. The van der Waals surface area contributed by atoms with Crippen molar-refractivity contribution < 1.29 is 9.53 Å². The number of methoxy groups -OCH3 is 1. The number of likely N-dealkylation sites (tertiary alicyclic amines) is 1. The molecule has 0 aromatic heterocycles. The Labute approximate surface area is 105 Å². The third-order valence-electron chi connectivity index (χ3n) is 3.35. The molecule has 1 rings (SSSR count). The fourth-order valence-electron chi connectivity index (χ4n) is 2.31. The van der Waals surface area contributed by atoms with Gasteiger partial charge in [0.15, 0.2) is 0 Å². The Hall–Kier alpha value is -0.770. The molecule has 0 bridgehead atoms. The summed E-state index contributed by atoms with van der Waals surface area (Å²) in [5.74, 6) is 0.633. The van der Waals surface area contributed by atoms with Gasteiger partial charge in [0, 0.05) is 40.4 Å². The highest BCUT2D eigenvalue weighted by atomic mass is 16.5. The van der Waals surface area contributed by atoms with Gasteiger partial charge in [-0.3, -0.25) is 0 Å². The predicted molar refractivity (Wildman–Crippen MR) is 69.1 cm³/mol. The molecular weight excluding hydrogens is 216 g/mol. The molecule has 0 spiro atoms. The first kappa shape index (κ1) is 14.3. The largest absolute Gasteiger partial charge is 0.385 e. The number of carbonyl (C=O) groups is 1. The van der Waals surface area contributed by atoms with E-state index >= 15 is 0 Å². The Morgan fingerprint density at radius 3 is 2.94 bits per heavy atom. The summed E-state index contributed by atoms with van der Waals surface area (Å²) < 4.78 is 5.00. The minimum Gasteiger partial charge on any atom is -0.385 e. The first-order valence-electron chi connectivity index (χ1n) is 6.64. The molecule has 0 aromatic carbocycles. The van der Waals surface area contributed by atoms with Gasteiger partial charge in [-0.2, -0.15) is 0 Å². The minimum atomic E-state index is 0.176. The smallest absolute Gasteiger partial charge is 0.319 e. The van der Waals surface area contributed by atoms with Crippen molar-refractivity contribution in [3.05, 3.63) is 0 Å². The Kier molecular flexibility index (Phi) is 6.34. The molecule has 4 heteroatoms. The summed E-state index contributed by atoms with van der Waals surface area (Å²) in [5, 5.41) is 0. The summed E-state index contributed by atoms with van der Waals surface area (Å²) in [7, 11) is 3.58. The van der Waals surface area contributed by atoms with E-state index in [1.165, 1.54) is 12.8 Å². The Bertz CT molecular complexity index is 233. The van der Waals surface area contributed by atoms with E-state index in [4.69, 9.17) is 4.74 Å². The van der Waals surface area contributed by atoms with E-state index in [1.807, 2.05) is 16.8 Å². The van der Waals surface area contributed by atoms with Crippen molar-refractivity contribution in [1.82, 2.24) is 9.80 Å². The van der Waals surface area contributed by atoms with Crippen molar-refractivity contribution in [3.8, 4) is 0 Å². The van der Waals surface area contributed by atoms with Crippen molar-refractivity contribution in [1.29, 1.82) is 0 Å². The summed E-state index contributed by atoms with van der Waals surface area (Å²) in [6, 6.07) is 0.176. The molecule has 1 aliphatic rings. The lowest BCUT2D eigenvalue weighted by atomic mass is 10.1. The summed E-state index contributed by atoms with van der Waals surface area (Å²) in [6.45, 7) is 5.55. The van der Waals surface area contributed by atoms with Gasteiger partial charge in [-0.05, 0) is 25.2 Å². The lowest BCUT2D eigenvalue weighted by Crippen LogP contribution is -2.43. The Balaban J connectivity index is 2.38. The number of hydrogen-bond acceptors (Lipinski definition) is 2. The fraction of sp³-hybridized carbons (Fsp3) is 0.923. The highest BCUT2D eigenvalue weighted by Gasteiger charge is 2.21. The number of rotatable bonds is 4. The van der Waals surface area contributed by atoms with Gasteiger partial charge < -0.3 is 14.5 Å². The number of nitrogens with zero attached hydrogens (tertiary/aromatic N) is 2. The normalized spacial score (nSPS) is 21.1. The quantitative estimate of drug-likeness (QED) is 0.708. The standard InChI is InChI=1S/C13H26N2O2/c1-12-7-4-5-9-15(11-12)13(16)14(2)8-6-10-17-3/h12H,4-11H2,1-3H3. The number of urea groups is 1. The average Bonchev–Trinajstić information content (AvgIpc) is 2.53. The van der Waals surface area contributed by atoms with Crippen LogP contribution in [0.2, 0.25) is 0 Å². The van der Waals surface area contributed by atoms with Crippen LogP contribution in [-0.2, 0) is 4.74 Å². The number of amides is 2. The molecule has 0 N–H and O–H groups in total. The Morgan fingerprint density at radius 2 is 2.24 bits per heavy atom. The molecule has 1 unspecified atom stereocenters. The van der Waals surface area contributed by atoms with Gasteiger partial charge >= 0.3 is 6.03 Å². The molecule has 2 amide bonds. The van der Waals surface area contributed by atoms with Gasteiger partial charge in [0.1, 0.15) is 0 Å². The molecule has 1 saturated heterocycles.